The summed E-state index contributed by atoms with van der Waals surface area (Å²) < 4.78 is 13.6. The summed E-state index contributed by atoms with van der Waals surface area (Å²) in [5.41, 5.74) is 4.15. The molecule has 2 aliphatic carbocycles. The highest BCUT2D eigenvalue weighted by atomic mass is 35.5. The summed E-state index contributed by atoms with van der Waals surface area (Å²) in [7, 11) is 0. The number of alkyl halides is 1. The van der Waals surface area contributed by atoms with Crippen molar-refractivity contribution in [3.8, 4) is 0 Å². The van der Waals surface area contributed by atoms with Gasteiger partial charge in [0.25, 0.3) is 0 Å². The highest BCUT2D eigenvalue weighted by Gasteiger charge is 2.34. The molecule has 1 aromatic carbocycles. The summed E-state index contributed by atoms with van der Waals surface area (Å²) in [6.45, 7) is 4.29. The van der Waals surface area contributed by atoms with Crippen molar-refractivity contribution in [2.24, 2.45) is 11.8 Å². The number of rotatable bonds is 7. The summed E-state index contributed by atoms with van der Waals surface area (Å²) in [4.78, 5) is 18.4. The molecule has 2 aromatic rings. The van der Waals surface area contributed by atoms with Crippen molar-refractivity contribution in [2.45, 2.75) is 74.3 Å². The van der Waals surface area contributed by atoms with Crippen molar-refractivity contribution >= 4 is 29.1 Å². The molecule has 1 fully saturated rings. The molecule has 0 spiro atoms. The van der Waals surface area contributed by atoms with E-state index in [0.717, 1.165) is 33.7 Å². The third kappa shape index (κ3) is 4.75. The standard InChI is InChI=1S/C25H29ClFNOS/c1-15(17-6-3-4-7-17)10-20(29)11-18-14-28-25-23(13-22(26)24(25)16(18)2)30-21-9-5-8-19(27)12-21/h5,8-9,12,14-15,17,22-23H,3-4,6-7,10-11,13H2,1-2H3. The molecule has 0 radical (unpaired) electrons. The fourth-order valence-corrected chi connectivity index (χ4v) is 6.89. The maximum atomic E-state index is 13.6. The van der Waals surface area contributed by atoms with E-state index in [0.29, 0.717) is 30.5 Å². The van der Waals surface area contributed by atoms with Crippen molar-refractivity contribution in [1.29, 1.82) is 0 Å². The van der Waals surface area contributed by atoms with Crippen molar-refractivity contribution < 1.29 is 9.18 Å². The molecule has 3 unspecified atom stereocenters. The van der Waals surface area contributed by atoms with Crippen LogP contribution in [0.4, 0.5) is 4.39 Å². The minimum atomic E-state index is -0.231. The SMILES string of the molecule is Cc1c(CC(=O)CC(C)C2CCCC2)cnc2c1C(Cl)CC2Sc1cccc(F)c1. The molecule has 0 amide bonds. The third-order valence-corrected chi connectivity index (χ3v) is 8.40. The van der Waals surface area contributed by atoms with Crippen LogP contribution in [0.15, 0.2) is 35.4 Å². The minimum Gasteiger partial charge on any atom is -0.299 e. The summed E-state index contributed by atoms with van der Waals surface area (Å²) >= 11 is 8.32. The second-order valence-electron chi connectivity index (χ2n) is 8.92. The van der Waals surface area contributed by atoms with Crippen LogP contribution >= 0.6 is 23.4 Å². The van der Waals surface area contributed by atoms with E-state index in [1.54, 1.807) is 23.9 Å². The lowest BCUT2D eigenvalue weighted by atomic mass is 9.87. The van der Waals surface area contributed by atoms with Crippen LogP contribution in [0.25, 0.3) is 0 Å². The van der Waals surface area contributed by atoms with Gasteiger partial charge in [-0.2, -0.15) is 0 Å². The number of nitrogens with zero attached hydrogens (tertiary/aromatic N) is 1. The first-order valence-corrected chi connectivity index (χ1v) is 12.3. The zero-order valence-corrected chi connectivity index (χ0v) is 19.2. The van der Waals surface area contributed by atoms with Gasteiger partial charge in [-0.3, -0.25) is 9.78 Å². The third-order valence-electron chi connectivity index (χ3n) is 6.78. The molecule has 0 saturated heterocycles. The fourth-order valence-electron chi connectivity index (χ4n) is 5.07. The zero-order valence-electron chi connectivity index (χ0n) is 17.7. The van der Waals surface area contributed by atoms with E-state index in [1.807, 2.05) is 12.3 Å². The second-order valence-corrected chi connectivity index (χ2v) is 10.7. The van der Waals surface area contributed by atoms with Gasteiger partial charge in [0.05, 0.1) is 16.3 Å². The first-order valence-electron chi connectivity index (χ1n) is 11.0. The molecular formula is C25H29ClFNOS. The van der Waals surface area contributed by atoms with E-state index in [2.05, 4.69) is 13.8 Å². The van der Waals surface area contributed by atoms with E-state index in [4.69, 9.17) is 16.6 Å². The summed E-state index contributed by atoms with van der Waals surface area (Å²) in [6, 6.07) is 6.65. The first-order chi connectivity index (χ1) is 14.4. The van der Waals surface area contributed by atoms with E-state index in [9.17, 15) is 9.18 Å². The highest BCUT2D eigenvalue weighted by molar-refractivity contribution is 7.99. The number of fused-ring (bicyclic) bond motifs is 1. The van der Waals surface area contributed by atoms with Gasteiger partial charge in [0.15, 0.2) is 0 Å². The van der Waals surface area contributed by atoms with Crippen LogP contribution in [0.2, 0.25) is 0 Å². The van der Waals surface area contributed by atoms with Gasteiger partial charge in [0.1, 0.15) is 11.6 Å². The number of thioether (sulfide) groups is 1. The van der Waals surface area contributed by atoms with Crippen LogP contribution in [0.5, 0.6) is 0 Å². The molecule has 3 atom stereocenters. The lowest BCUT2D eigenvalue weighted by Gasteiger charge is -2.18. The van der Waals surface area contributed by atoms with Gasteiger partial charge in [-0.25, -0.2) is 4.39 Å². The van der Waals surface area contributed by atoms with Crippen LogP contribution in [0, 0.1) is 24.6 Å². The number of halogens is 2. The smallest absolute Gasteiger partial charge is 0.137 e. The van der Waals surface area contributed by atoms with Gasteiger partial charge >= 0.3 is 0 Å². The van der Waals surface area contributed by atoms with Crippen molar-refractivity contribution in [1.82, 2.24) is 4.98 Å². The average Bonchev–Trinajstić information content (AvgIpc) is 3.33. The molecule has 1 aromatic heterocycles. The average molecular weight is 446 g/mol. The number of carbonyl (C=O) groups excluding carboxylic acids is 1. The Morgan fingerprint density at radius 1 is 1.33 bits per heavy atom. The number of Topliss-reactive ketones (excluding diaryl/α,β-unsaturated/α-hetero) is 1. The molecule has 30 heavy (non-hydrogen) atoms. The number of carbonyl (C=O) groups is 1. The molecule has 5 heteroatoms. The topological polar surface area (TPSA) is 30.0 Å². The summed E-state index contributed by atoms with van der Waals surface area (Å²) in [5, 5.41) is -0.0128. The number of hydrogen-bond donors (Lipinski definition) is 0. The predicted octanol–water partition coefficient (Wildman–Crippen LogP) is 7.37. The van der Waals surface area contributed by atoms with Crippen LogP contribution < -0.4 is 0 Å². The number of ketones is 1. The highest BCUT2D eigenvalue weighted by Crippen LogP contribution is 2.52. The molecule has 2 aliphatic rings. The lowest BCUT2D eigenvalue weighted by molar-refractivity contribution is -0.119. The Labute approximate surface area is 188 Å². The number of pyridine rings is 1. The van der Waals surface area contributed by atoms with Gasteiger partial charge in [0, 0.05) is 23.9 Å². The van der Waals surface area contributed by atoms with Gasteiger partial charge in [-0.1, -0.05) is 38.7 Å². The van der Waals surface area contributed by atoms with Gasteiger partial charge in [-0.05, 0) is 60.1 Å². The van der Waals surface area contributed by atoms with Crippen LogP contribution in [-0.2, 0) is 11.2 Å². The lowest BCUT2D eigenvalue weighted by Crippen LogP contribution is -2.15. The molecule has 2 nitrogen and oxygen atoms in total. The summed E-state index contributed by atoms with van der Waals surface area (Å²) in [6.07, 6.45) is 8.88. The quantitative estimate of drug-likeness (QED) is 0.416. The van der Waals surface area contributed by atoms with E-state index >= 15 is 0 Å². The molecule has 0 aliphatic heterocycles. The Morgan fingerprint density at radius 2 is 2.10 bits per heavy atom. The van der Waals surface area contributed by atoms with Crippen LogP contribution in [0.3, 0.4) is 0 Å². The largest absolute Gasteiger partial charge is 0.299 e. The second kappa shape index (κ2) is 9.40. The first kappa shape index (κ1) is 21.8. The van der Waals surface area contributed by atoms with Gasteiger partial charge < -0.3 is 0 Å². The number of hydrogen-bond acceptors (Lipinski definition) is 3. The van der Waals surface area contributed by atoms with E-state index in [-0.39, 0.29) is 16.4 Å². The Balaban J connectivity index is 1.47. The Morgan fingerprint density at radius 3 is 2.83 bits per heavy atom. The molecule has 1 saturated carbocycles. The molecule has 160 valence electrons. The molecule has 0 bridgehead atoms. The summed E-state index contributed by atoms with van der Waals surface area (Å²) in [5.74, 6) is 1.25. The normalized spacial score (nSPS) is 22.3. The molecule has 0 N–H and O–H groups in total. The van der Waals surface area contributed by atoms with Gasteiger partial charge in [0.2, 0.25) is 0 Å². The molecular weight excluding hydrogens is 417 g/mol. The molecule has 4 rings (SSSR count). The van der Waals surface area contributed by atoms with Crippen LogP contribution in [-0.4, -0.2) is 10.8 Å². The number of aromatic nitrogens is 1. The van der Waals surface area contributed by atoms with E-state index < -0.39 is 0 Å². The van der Waals surface area contributed by atoms with E-state index in [1.165, 1.54) is 31.7 Å². The van der Waals surface area contributed by atoms with Crippen molar-refractivity contribution in [3.05, 3.63) is 58.7 Å². The maximum Gasteiger partial charge on any atom is 0.137 e. The monoisotopic (exact) mass is 445 g/mol. The Kier molecular flexibility index (Phi) is 6.84. The maximum absolute atomic E-state index is 13.6. The Bertz CT molecular complexity index is 927. The number of benzene rings is 1. The zero-order chi connectivity index (χ0) is 21.3. The van der Waals surface area contributed by atoms with Crippen molar-refractivity contribution in [2.75, 3.05) is 0 Å². The van der Waals surface area contributed by atoms with Gasteiger partial charge in [-0.15, -0.1) is 23.4 Å². The Hall–Kier alpha value is -1.39. The van der Waals surface area contributed by atoms with Crippen LogP contribution in [0.1, 0.15) is 78.5 Å². The predicted molar refractivity (Wildman–Crippen MR) is 122 cm³/mol. The van der Waals surface area contributed by atoms with Crippen molar-refractivity contribution in [3.63, 3.8) is 0 Å². The fraction of sp³-hybridized carbons (Fsp3) is 0.520. The minimum absolute atomic E-state index is 0.107. The molecule has 1 heterocycles.